The van der Waals surface area contributed by atoms with Gasteiger partial charge >= 0.3 is 6.01 Å². The second-order valence-electron chi connectivity index (χ2n) is 14.2. The van der Waals surface area contributed by atoms with E-state index >= 15 is 0 Å². The molecule has 0 amide bonds. The molecule has 4 aliphatic rings. The number of nitrogens with zero attached hydrogens (tertiary/aromatic N) is 7. The number of rotatable bonds is 6. The van der Waals surface area contributed by atoms with Crippen LogP contribution in [0.1, 0.15) is 56.1 Å². The third-order valence-corrected chi connectivity index (χ3v) is 10.5. The number of benzene rings is 1. The van der Waals surface area contributed by atoms with Gasteiger partial charge in [-0.05, 0) is 75.3 Å². The van der Waals surface area contributed by atoms with E-state index in [4.69, 9.17) is 24.4 Å². The van der Waals surface area contributed by atoms with Crippen molar-refractivity contribution in [3.05, 3.63) is 41.9 Å². The molecule has 7 heterocycles. The fourth-order valence-electron chi connectivity index (χ4n) is 8.37. The Hall–Kier alpha value is -3.87. The molecule has 46 heavy (non-hydrogen) atoms. The van der Waals surface area contributed by atoms with Crippen molar-refractivity contribution >= 4 is 33.3 Å². The summed E-state index contributed by atoms with van der Waals surface area (Å²) >= 11 is 0. The normalized spacial score (nSPS) is 27.2. The Morgan fingerprint density at radius 1 is 1.22 bits per heavy atom. The van der Waals surface area contributed by atoms with Gasteiger partial charge in [-0.1, -0.05) is 0 Å². The third kappa shape index (κ3) is 4.56. The van der Waals surface area contributed by atoms with Gasteiger partial charge in [0.15, 0.2) is 5.82 Å². The lowest BCUT2D eigenvalue weighted by Gasteiger charge is -2.31. The van der Waals surface area contributed by atoms with Gasteiger partial charge in [0.2, 0.25) is 0 Å². The molecule has 12 heteroatoms. The molecule has 3 aliphatic heterocycles. The number of halogens is 1. The Morgan fingerprint density at radius 3 is 2.98 bits per heavy atom. The lowest BCUT2D eigenvalue weighted by Crippen LogP contribution is -2.44. The minimum Gasteiger partial charge on any atom is -0.461 e. The van der Waals surface area contributed by atoms with Crippen LogP contribution >= 0.6 is 0 Å². The minimum absolute atomic E-state index is 0.241. The first kappa shape index (κ1) is 28.4. The molecule has 1 aromatic carbocycles. The maximum absolute atomic E-state index is 14.5. The number of hydrogen-bond donors (Lipinski definition) is 2. The number of β-amino-alcohol motifs (C(OH)–C–C–N with tert-alkyl or cyclic N) is 1. The highest BCUT2D eigenvalue weighted by Gasteiger charge is 2.49. The Kier molecular flexibility index (Phi) is 6.36. The number of anilines is 1. The van der Waals surface area contributed by atoms with E-state index in [2.05, 4.69) is 43.5 Å². The topological polar surface area (TPSA) is 117 Å². The number of fused-ring (bicyclic) bond motifs is 5. The van der Waals surface area contributed by atoms with Crippen LogP contribution in [0.5, 0.6) is 6.01 Å². The summed E-state index contributed by atoms with van der Waals surface area (Å²) in [6, 6.07) is 4.52. The SMILES string of the molecule is Cc1cc2[nH]ncc2c(-c2nccn3c2cc2nc(OC[C@@]45CCCN4C[C@H](F)C5)nc(N4CCOC[C@@](C)(O)C4)c23)c1C1CC1. The maximum Gasteiger partial charge on any atom is 0.319 e. The van der Waals surface area contributed by atoms with Crippen molar-refractivity contribution in [3.8, 4) is 17.3 Å². The van der Waals surface area contributed by atoms with E-state index in [-0.39, 0.29) is 18.2 Å². The van der Waals surface area contributed by atoms with Crippen molar-refractivity contribution in [3.63, 3.8) is 0 Å². The van der Waals surface area contributed by atoms with Gasteiger partial charge in [0.25, 0.3) is 0 Å². The van der Waals surface area contributed by atoms with Crippen molar-refractivity contribution < 1.29 is 19.0 Å². The van der Waals surface area contributed by atoms with Gasteiger partial charge in [0.1, 0.15) is 23.9 Å². The Bertz CT molecular complexity index is 1990. The number of hydrogen-bond acceptors (Lipinski definition) is 9. The number of ether oxygens (including phenoxy) is 2. The average molecular weight is 627 g/mol. The molecule has 0 radical (unpaired) electrons. The summed E-state index contributed by atoms with van der Waals surface area (Å²) in [5.74, 6) is 1.17. The van der Waals surface area contributed by atoms with E-state index < -0.39 is 11.8 Å². The highest BCUT2D eigenvalue weighted by Crippen LogP contribution is 2.49. The molecule has 0 bridgehead atoms. The van der Waals surface area contributed by atoms with Crippen LogP contribution < -0.4 is 9.64 Å². The zero-order valence-corrected chi connectivity index (χ0v) is 26.3. The van der Waals surface area contributed by atoms with Crippen molar-refractivity contribution in [1.82, 2.24) is 34.4 Å². The molecule has 1 aliphatic carbocycles. The predicted molar refractivity (Wildman–Crippen MR) is 172 cm³/mol. The largest absolute Gasteiger partial charge is 0.461 e. The molecule has 1 saturated carbocycles. The Balaban J connectivity index is 1.22. The molecule has 240 valence electrons. The van der Waals surface area contributed by atoms with E-state index in [9.17, 15) is 9.50 Å². The molecule has 9 rings (SSSR count). The number of aliphatic hydroxyl groups is 1. The molecule has 3 saturated heterocycles. The van der Waals surface area contributed by atoms with Crippen molar-refractivity contribution in [1.29, 1.82) is 0 Å². The van der Waals surface area contributed by atoms with Crippen molar-refractivity contribution in [2.45, 2.75) is 69.2 Å². The Labute approximate surface area is 265 Å². The summed E-state index contributed by atoms with van der Waals surface area (Å²) in [5.41, 5.74) is 6.61. The second kappa shape index (κ2) is 10.3. The zero-order chi connectivity index (χ0) is 31.2. The first-order chi connectivity index (χ1) is 22.3. The quantitative estimate of drug-likeness (QED) is 0.280. The lowest BCUT2D eigenvalue weighted by molar-refractivity contribution is -0.0123. The zero-order valence-electron chi connectivity index (χ0n) is 26.3. The van der Waals surface area contributed by atoms with Gasteiger partial charge in [-0.2, -0.15) is 15.1 Å². The van der Waals surface area contributed by atoms with Crippen LogP contribution in [0.3, 0.4) is 0 Å². The highest BCUT2D eigenvalue weighted by atomic mass is 19.1. The number of aryl methyl sites for hydroxylation is 1. The summed E-state index contributed by atoms with van der Waals surface area (Å²) < 4.78 is 28.8. The van der Waals surface area contributed by atoms with Crippen LogP contribution in [0.25, 0.3) is 38.7 Å². The van der Waals surface area contributed by atoms with E-state index in [0.717, 1.165) is 58.1 Å². The van der Waals surface area contributed by atoms with E-state index in [1.54, 1.807) is 6.92 Å². The summed E-state index contributed by atoms with van der Waals surface area (Å²) in [7, 11) is 0. The standard InChI is InChI=1S/C34H39FN8O3/c1-20-12-24-23(15-37-40-24)28(27(20)21-4-5-21)29-26-13-25-30(43(26)9-7-36-29)31(41-10-11-45-18-33(2,44)17-41)39-32(38-25)46-19-34-6-3-8-42(34)16-22(35)14-34/h7,9,12-13,15,21-22,44H,3-6,8,10-11,14,16-19H2,1-2H3,(H,37,40)/t22-,33+,34+/m1/s1. The maximum atomic E-state index is 14.5. The number of aromatic nitrogens is 6. The van der Waals surface area contributed by atoms with Gasteiger partial charge in [-0.15, -0.1) is 0 Å². The van der Waals surface area contributed by atoms with Gasteiger partial charge in [-0.25, -0.2) is 4.39 Å². The predicted octanol–water partition coefficient (Wildman–Crippen LogP) is 4.55. The average Bonchev–Trinajstić information content (AvgIpc) is 3.34. The van der Waals surface area contributed by atoms with Crippen molar-refractivity contribution in [2.24, 2.45) is 0 Å². The van der Waals surface area contributed by atoms with Gasteiger partial charge < -0.3 is 23.9 Å². The highest BCUT2D eigenvalue weighted by molar-refractivity contribution is 6.03. The lowest BCUT2D eigenvalue weighted by atomic mass is 9.92. The van der Waals surface area contributed by atoms with Crippen LogP contribution in [-0.4, -0.2) is 103 Å². The van der Waals surface area contributed by atoms with Crippen LogP contribution in [0, 0.1) is 6.92 Å². The van der Waals surface area contributed by atoms with E-state index in [0.29, 0.717) is 51.0 Å². The van der Waals surface area contributed by atoms with Crippen LogP contribution in [0.2, 0.25) is 0 Å². The fraction of sp³-hybridized carbons (Fsp3) is 0.529. The monoisotopic (exact) mass is 626 g/mol. The first-order valence-electron chi connectivity index (χ1n) is 16.5. The second-order valence-corrected chi connectivity index (χ2v) is 14.2. The number of nitrogens with one attached hydrogen (secondary N) is 1. The van der Waals surface area contributed by atoms with E-state index in [1.165, 1.54) is 24.0 Å². The molecule has 5 aromatic rings. The summed E-state index contributed by atoms with van der Waals surface area (Å²) in [6.07, 6.45) is 9.60. The number of alkyl halides is 1. The van der Waals surface area contributed by atoms with Gasteiger partial charge in [0, 0.05) is 42.9 Å². The molecular formula is C34H39FN8O3. The van der Waals surface area contributed by atoms with Crippen molar-refractivity contribution in [2.75, 3.05) is 50.9 Å². The van der Waals surface area contributed by atoms with Crippen LogP contribution in [-0.2, 0) is 4.74 Å². The molecule has 4 aromatic heterocycles. The molecule has 0 unspecified atom stereocenters. The van der Waals surface area contributed by atoms with E-state index in [1.807, 2.05) is 18.6 Å². The summed E-state index contributed by atoms with van der Waals surface area (Å²) in [4.78, 5) is 19.3. The Morgan fingerprint density at radius 2 is 2.11 bits per heavy atom. The van der Waals surface area contributed by atoms with Gasteiger partial charge in [-0.3, -0.25) is 15.0 Å². The molecule has 11 nitrogen and oxygen atoms in total. The molecular weight excluding hydrogens is 587 g/mol. The molecule has 4 fully saturated rings. The third-order valence-electron chi connectivity index (χ3n) is 10.5. The van der Waals surface area contributed by atoms with Gasteiger partial charge in [0.05, 0.1) is 53.7 Å². The minimum atomic E-state index is -1.06. The molecule has 2 N–H and O–H groups in total. The summed E-state index contributed by atoms with van der Waals surface area (Å²) in [6.45, 7) is 7.24. The van der Waals surface area contributed by atoms with Crippen LogP contribution in [0.4, 0.5) is 10.2 Å². The summed E-state index contributed by atoms with van der Waals surface area (Å²) in [5, 5.41) is 19.8. The smallest absolute Gasteiger partial charge is 0.319 e. The number of aromatic amines is 1. The molecule has 0 spiro atoms. The van der Waals surface area contributed by atoms with Crippen LogP contribution in [0.15, 0.2) is 30.7 Å². The first-order valence-corrected chi connectivity index (χ1v) is 16.5. The number of H-pyrrole nitrogens is 1. The molecule has 3 atom stereocenters. The fourth-order valence-corrected chi connectivity index (χ4v) is 8.37.